The summed E-state index contributed by atoms with van der Waals surface area (Å²) in [6, 6.07) is 0.697. The van der Waals surface area contributed by atoms with Gasteiger partial charge in [0.1, 0.15) is 0 Å². The molecule has 0 aliphatic carbocycles. The average Bonchev–Trinajstić information content (AvgIpc) is 2.35. The molecule has 1 fully saturated rings. The summed E-state index contributed by atoms with van der Waals surface area (Å²) in [5.41, 5.74) is 0. The zero-order chi connectivity index (χ0) is 12.1. The summed E-state index contributed by atoms with van der Waals surface area (Å²) in [7, 11) is 2.12. The van der Waals surface area contributed by atoms with Crippen molar-refractivity contribution in [3.63, 3.8) is 0 Å². The highest BCUT2D eigenvalue weighted by molar-refractivity contribution is 5.78. The largest absolute Gasteiger partial charge is 0.338 e. The molecular weight excluding hydrogens is 202 g/mol. The van der Waals surface area contributed by atoms with Crippen molar-refractivity contribution in [2.75, 3.05) is 33.2 Å². The maximum absolute atomic E-state index is 12.0. The van der Waals surface area contributed by atoms with E-state index in [1.807, 2.05) is 4.90 Å². The second-order valence-corrected chi connectivity index (χ2v) is 5.09. The molecule has 94 valence electrons. The van der Waals surface area contributed by atoms with E-state index < -0.39 is 0 Å². The number of amides is 1. The minimum Gasteiger partial charge on any atom is -0.338 e. The lowest BCUT2D eigenvalue weighted by Crippen LogP contribution is -2.46. The van der Waals surface area contributed by atoms with Gasteiger partial charge in [-0.2, -0.15) is 0 Å². The minimum absolute atomic E-state index is 0.233. The van der Waals surface area contributed by atoms with Crippen molar-refractivity contribution in [3.05, 3.63) is 0 Å². The number of nitrogens with one attached hydrogen (secondary N) is 1. The Hall–Kier alpha value is -0.610. The molecule has 1 unspecified atom stereocenters. The molecule has 1 atom stereocenters. The standard InChI is InChI=1S/C12H25N3O/c1-10(2)13-8-12(16)15-7-5-6-14(4)9-11(15)3/h10-11,13H,5-9H2,1-4H3. The van der Waals surface area contributed by atoms with E-state index >= 15 is 0 Å². The quantitative estimate of drug-likeness (QED) is 0.764. The number of rotatable bonds is 3. The topological polar surface area (TPSA) is 35.6 Å². The number of nitrogens with zero attached hydrogens (tertiary/aromatic N) is 2. The third-order valence-corrected chi connectivity index (χ3v) is 3.03. The van der Waals surface area contributed by atoms with Crippen LogP contribution in [-0.2, 0) is 4.79 Å². The molecule has 0 aromatic carbocycles. The van der Waals surface area contributed by atoms with Crippen LogP contribution in [0.5, 0.6) is 0 Å². The predicted octanol–water partition coefficient (Wildman–Crippen LogP) is 0.537. The third kappa shape index (κ3) is 4.10. The number of hydrogen-bond acceptors (Lipinski definition) is 3. The normalized spacial score (nSPS) is 23.6. The lowest BCUT2D eigenvalue weighted by molar-refractivity contribution is -0.132. The van der Waals surface area contributed by atoms with Crippen LogP contribution in [-0.4, -0.2) is 61.0 Å². The molecule has 4 heteroatoms. The van der Waals surface area contributed by atoms with Gasteiger partial charge in [-0.15, -0.1) is 0 Å². The maximum Gasteiger partial charge on any atom is 0.236 e. The van der Waals surface area contributed by atoms with Gasteiger partial charge in [0.05, 0.1) is 6.54 Å². The van der Waals surface area contributed by atoms with Crippen molar-refractivity contribution in [1.82, 2.24) is 15.1 Å². The van der Waals surface area contributed by atoms with E-state index in [0.717, 1.165) is 26.1 Å². The van der Waals surface area contributed by atoms with Crippen LogP contribution < -0.4 is 5.32 Å². The van der Waals surface area contributed by atoms with Gasteiger partial charge in [-0.25, -0.2) is 0 Å². The second-order valence-electron chi connectivity index (χ2n) is 5.09. The molecule has 0 aromatic rings. The Morgan fingerprint density at radius 1 is 1.44 bits per heavy atom. The number of carbonyl (C=O) groups is 1. The molecule has 1 rings (SSSR count). The molecule has 4 nitrogen and oxygen atoms in total. The van der Waals surface area contributed by atoms with E-state index in [1.165, 1.54) is 0 Å². The first-order valence-corrected chi connectivity index (χ1v) is 6.22. The van der Waals surface area contributed by atoms with E-state index in [2.05, 4.69) is 38.0 Å². The predicted molar refractivity (Wildman–Crippen MR) is 66.4 cm³/mol. The first-order valence-electron chi connectivity index (χ1n) is 6.22. The highest BCUT2D eigenvalue weighted by Crippen LogP contribution is 2.08. The van der Waals surface area contributed by atoms with Crippen LogP contribution >= 0.6 is 0 Å². The number of likely N-dealkylation sites (N-methyl/N-ethyl adjacent to an activating group) is 1. The lowest BCUT2D eigenvalue weighted by atomic mass is 10.2. The van der Waals surface area contributed by atoms with Gasteiger partial charge in [-0.3, -0.25) is 4.79 Å². The number of carbonyl (C=O) groups excluding carboxylic acids is 1. The Balaban J connectivity index is 2.47. The van der Waals surface area contributed by atoms with Crippen molar-refractivity contribution in [3.8, 4) is 0 Å². The molecule has 1 N–H and O–H groups in total. The Morgan fingerprint density at radius 3 is 2.75 bits per heavy atom. The van der Waals surface area contributed by atoms with Gasteiger partial charge < -0.3 is 15.1 Å². The third-order valence-electron chi connectivity index (χ3n) is 3.03. The molecular formula is C12H25N3O. The molecule has 0 aromatic heterocycles. The van der Waals surface area contributed by atoms with Crippen molar-refractivity contribution in [1.29, 1.82) is 0 Å². The Kier molecular flexibility index (Phi) is 5.22. The van der Waals surface area contributed by atoms with Crippen LogP contribution in [0, 0.1) is 0 Å². The fourth-order valence-electron chi connectivity index (χ4n) is 2.14. The molecule has 1 aliphatic rings. The van der Waals surface area contributed by atoms with Gasteiger partial charge in [0.15, 0.2) is 0 Å². The SMILES string of the molecule is CC(C)NCC(=O)N1CCCN(C)CC1C. The Labute approximate surface area is 99.0 Å². The molecule has 1 aliphatic heterocycles. The van der Waals surface area contributed by atoms with Crippen LogP contribution in [0.25, 0.3) is 0 Å². The fourth-order valence-corrected chi connectivity index (χ4v) is 2.14. The van der Waals surface area contributed by atoms with Crippen molar-refractivity contribution >= 4 is 5.91 Å². The molecule has 1 amide bonds. The number of hydrogen-bond donors (Lipinski definition) is 1. The average molecular weight is 227 g/mol. The van der Waals surface area contributed by atoms with Crippen molar-refractivity contribution in [2.24, 2.45) is 0 Å². The van der Waals surface area contributed by atoms with Gasteiger partial charge in [0.25, 0.3) is 0 Å². The van der Waals surface area contributed by atoms with E-state index in [9.17, 15) is 4.79 Å². The summed E-state index contributed by atoms with van der Waals surface area (Å²) in [5, 5.41) is 3.19. The zero-order valence-electron chi connectivity index (χ0n) is 11.0. The second kappa shape index (κ2) is 6.21. The summed E-state index contributed by atoms with van der Waals surface area (Å²) >= 11 is 0. The molecule has 0 spiro atoms. The molecule has 0 bridgehead atoms. The van der Waals surface area contributed by atoms with E-state index in [4.69, 9.17) is 0 Å². The molecule has 0 radical (unpaired) electrons. The lowest BCUT2D eigenvalue weighted by Gasteiger charge is -2.28. The van der Waals surface area contributed by atoms with Gasteiger partial charge in [0, 0.05) is 25.2 Å². The Bertz CT molecular complexity index is 230. The molecule has 1 saturated heterocycles. The van der Waals surface area contributed by atoms with Gasteiger partial charge in [-0.1, -0.05) is 13.8 Å². The summed E-state index contributed by atoms with van der Waals surface area (Å²) < 4.78 is 0. The minimum atomic E-state index is 0.233. The van der Waals surface area contributed by atoms with Gasteiger partial charge >= 0.3 is 0 Å². The molecule has 0 saturated carbocycles. The van der Waals surface area contributed by atoms with Crippen molar-refractivity contribution in [2.45, 2.75) is 39.3 Å². The monoisotopic (exact) mass is 227 g/mol. The Morgan fingerprint density at radius 2 is 2.12 bits per heavy atom. The van der Waals surface area contributed by atoms with Crippen LogP contribution in [0.2, 0.25) is 0 Å². The van der Waals surface area contributed by atoms with E-state index in [-0.39, 0.29) is 5.91 Å². The molecule has 1 heterocycles. The maximum atomic E-state index is 12.0. The van der Waals surface area contributed by atoms with Crippen LogP contribution in [0.3, 0.4) is 0 Å². The summed E-state index contributed by atoms with van der Waals surface area (Å²) in [6.07, 6.45) is 1.08. The summed E-state index contributed by atoms with van der Waals surface area (Å²) in [5.74, 6) is 0.233. The highest BCUT2D eigenvalue weighted by Gasteiger charge is 2.23. The van der Waals surface area contributed by atoms with Crippen molar-refractivity contribution < 1.29 is 4.79 Å². The van der Waals surface area contributed by atoms with Crippen LogP contribution in [0.4, 0.5) is 0 Å². The zero-order valence-corrected chi connectivity index (χ0v) is 11.0. The van der Waals surface area contributed by atoms with E-state index in [0.29, 0.717) is 18.6 Å². The van der Waals surface area contributed by atoms with E-state index in [1.54, 1.807) is 0 Å². The van der Waals surface area contributed by atoms with Crippen LogP contribution in [0.1, 0.15) is 27.2 Å². The summed E-state index contributed by atoms with van der Waals surface area (Å²) in [4.78, 5) is 16.3. The summed E-state index contributed by atoms with van der Waals surface area (Å²) in [6.45, 7) is 9.68. The van der Waals surface area contributed by atoms with Gasteiger partial charge in [0.2, 0.25) is 5.91 Å². The van der Waals surface area contributed by atoms with Crippen LogP contribution in [0.15, 0.2) is 0 Å². The molecule has 16 heavy (non-hydrogen) atoms. The first-order chi connectivity index (χ1) is 7.50. The first kappa shape index (κ1) is 13.5. The smallest absolute Gasteiger partial charge is 0.236 e. The fraction of sp³-hybridized carbons (Fsp3) is 0.917. The van der Waals surface area contributed by atoms with Gasteiger partial charge in [-0.05, 0) is 26.9 Å². The highest BCUT2D eigenvalue weighted by atomic mass is 16.2.